The molecule has 3 atom stereocenters. The first-order valence-electron chi connectivity index (χ1n) is 33.3. The topological polar surface area (TPSA) is 149 Å². The predicted molar refractivity (Wildman–Crippen MR) is 379 cm³/mol. The van der Waals surface area contributed by atoms with Gasteiger partial charge in [0.05, 0.1) is 33.5 Å². The lowest BCUT2D eigenvalue weighted by molar-refractivity contribution is 0.0595. The van der Waals surface area contributed by atoms with Crippen molar-refractivity contribution >= 4 is 41.5 Å². The second kappa shape index (κ2) is 26.5. The van der Waals surface area contributed by atoms with Gasteiger partial charge in [0.1, 0.15) is 34.5 Å². The van der Waals surface area contributed by atoms with Gasteiger partial charge in [-0.3, -0.25) is 33.7 Å². The second-order valence-electron chi connectivity index (χ2n) is 27.4. The summed E-state index contributed by atoms with van der Waals surface area (Å²) in [6.07, 6.45) is 3.71. The number of aryl methyl sites for hydroxylation is 4. The number of aldehydes is 1. The summed E-state index contributed by atoms with van der Waals surface area (Å²) in [5, 5.41) is 3.51. The van der Waals surface area contributed by atoms with Crippen LogP contribution in [0.25, 0.3) is 0 Å². The van der Waals surface area contributed by atoms with Crippen molar-refractivity contribution in [3.8, 4) is 34.5 Å². The number of nitrogens with one attached hydrogen (secondary N) is 1. The standard InChI is InChI=1S/C84H85N3O9/c1-15-43-84(17-3,85-76(89)69-40-37-66(47-58(69)50-88)94-63-31-25-60(26-32-63)81(10,11)59-23-21-51(4)22-24-59)83(14,16-2)74-53(6)45-54(7)75(56(74)9)87-78(91)71-42-39-68(49-73(71)80(87)93)96-65-35-29-62(30-36-65)82(12,13)61-27-33-64(34-28-61)95-67-38-41-70-72(48-67)79(92)86(77(70)90)55(8)46-57-20-18-19-52(5)44-57/h18-42,44-45,47-50,55H,15-17,43,46H2,1-14H3,(H,85,89). The molecular weight excluding hydrogens is 1190 g/mol. The van der Waals surface area contributed by atoms with Crippen LogP contribution in [0.1, 0.15) is 211 Å². The van der Waals surface area contributed by atoms with Gasteiger partial charge in [0, 0.05) is 33.4 Å². The molecule has 2 aliphatic rings. The maximum atomic E-state index is 14.9. The van der Waals surface area contributed by atoms with E-state index in [1.54, 1.807) is 54.6 Å². The Balaban J connectivity index is 0.766. The summed E-state index contributed by atoms with van der Waals surface area (Å²) in [5.41, 5.74) is 11.0. The number of anilines is 1. The van der Waals surface area contributed by atoms with Crippen LogP contribution in [0.4, 0.5) is 5.69 Å². The van der Waals surface area contributed by atoms with Crippen molar-refractivity contribution < 1.29 is 43.0 Å². The first kappa shape index (κ1) is 67.2. The predicted octanol–water partition coefficient (Wildman–Crippen LogP) is 19.1. The van der Waals surface area contributed by atoms with Gasteiger partial charge in [0.25, 0.3) is 29.5 Å². The number of ether oxygens (including phenoxy) is 3. The fourth-order valence-corrected chi connectivity index (χ4v) is 14.9. The molecule has 12 heteroatoms. The molecule has 2 aliphatic heterocycles. The highest BCUT2D eigenvalue weighted by Crippen LogP contribution is 2.50. The molecule has 0 aliphatic carbocycles. The third-order valence-corrected chi connectivity index (χ3v) is 20.5. The van der Waals surface area contributed by atoms with Gasteiger partial charge in [-0.2, -0.15) is 0 Å². The summed E-state index contributed by atoms with van der Waals surface area (Å²) < 4.78 is 19.0. The van der Waals surface area contributed by atoms with Gasteiger partial charge < -0.3 is 19.5 Å². The zero-order chi connectivity index (χ0) is 68.8. The molecule has 0 saturated heterocycles. The molecule has 3 unspecified atom stereocenters. The number of hydrogen-bond donors (Lipinski definition) is 1. The third-order valence-electron chi connectivity index (χ3n) is 20.5. The Kier molecular flexibility index (Phi) is 18.6. The number of carbonyl (C=O) groups excluding carboxylic acids is 6. The summed E-state index contributed by atoms with van der Waals surface area (Å²) in [6.45, 7) is 29.0. The van der Waals surface area contributed by atoms with Crippen LogP contribution in [0.5, 0.6) is 34.5 Å². The SMILES string of the molecule is CCCC(CC)(NC(=O)c1ccc(Oc2ccc(C(C)(C)c3ccc(C)cc3)cc2)cc1C=O)C(C)(CC)c1c(C)cc(C)c(N2C(=O)c3ccc(Oc4ccc(C(C)(C)c5ccc(Oc6ccc7c(c6)C(=O)N(C(C)Cc6cccc(C)c6)C7=O)cc5)cc4)cc3C2=O)c1C. The van der Waals surface area contributed by atoms with Gasteiger partial charge >= 0.3 is 0 Å². The van der Waals surface area contributed by atoms with Crippen LogP contribution in [-0.2, 0) is 22.7 Å². The molecule has 11 rings (SSSR count). The average molecular weight is 1280 g/mol. The van der Waals surface area contributed by atoms with Gasteiger partial charge in [0.15, 0.2) is 6.29 Å². The Morgan fingerprint density at radius 3 is 1.45 bits per heavy atom. The lowest BCUT2D eigenvalue weighted by Crippen LogP contribution is -2.61. The molecule has 0 aromatic heterocycles. The van der Waals surface area contributed by atoms with Crippen molar-refractivity contribution in [2.45, 2.75) is 157 Å². The number of benzene rings is 9. The molecule has 2 heterocycles. The summed E-state index contributed by atoms with van der Waals surface area (Å²) in [4.78, 5) is 87.1. The van der Waals surface area contributed by atoms with E-state index in [0.717, 1.165) is 56.5 Å². The lowest BCUT2D eigenvalue weighted by Gasteiger charge is -2.51. The van der Waals surface area contributed by atoms with Crippen molar-refractivity contribution in [1.29, 1.82) is 0 Å². The van der Waals surface area contributed by atoms with E-state index in [1.807, 2.05) is 120 Å². The zero-order valence-electron chi connectivity index (χ0n) is 57.6. The van der Waals surface area contributed by atoms with Crippen LogP contribution < -0.4 is 24.4 Å². The number of rotatable bonds is 23. The van der Waals surface area contributed by atoms with Crippen LogP contribution in [0.2, 0.25) is 0 Å². The highest BCUT2D eigenvalue weighted by molar-refractivity contribution is 6.35. The van der Waals surface area contributed by atoms with E-state index in [9.17, 15) is 28.8 Å². The van der Waals surface area contributed by atoms with Crippen LogP contribution in [0, 0.1) is 34.6 Å². The molecule has 0 fully saturated rings. The van der Waals surface area contributed by atoms with Gasteiger partial charge in [-0.15, -0.1) is 0 Å². The summed E-state index contributed by atoms with van der Waals surface area (Å²) in [5.74, 6) is 1.06. The van der Waals surface area contributed by atoms with Crippen molar-refractivity contribution in [3.05, 3.63) is 277 Å². The normalized spacial score (nSPS) is 14.6. The van der Waals surface area contributed by atoms with Crippen molar-refractivity contribution in [2.24, 2.45) is 0 Å². The Hall–Kier alpha value is -10.2. The Morgan fingerprint density at radius 1 is 0.500 bits per heavy atom. The van der Waals surface area contributed by atoms with Crippen LogP contribution in [0.15, 0.2) is 182 Å². The Labute approximate surface area is 564 Å². The van der Waals surface area contributed by atoms with Crippen molar-refractivity contribution in [2.75, 3.05) is 4.90 Å². The largest absolute Gasteiger partial charge is 0.457 e. The fourth-order valence-electron chi connectivity index (χ4n) is 14.9. The summed E-state index contributed by atoms with van der Waals surface area (Å²) >= 11 is 0. The monoisotopic (exact) mass is 1280 g/mol. The highest BCUT2D eigenvalue weighted by atomic mass is 16.5. The quantitative estimate of drug-likeness (QED) is 0.0488. The van der Waals surface area contributed by atoms with E-state index < -0.39 is 34.1 Å². The maximum Gasteiger partial charge on any atom is 0.266 e. The van der Waals surface area contributed by atoms with Crippen molar-refractivity contribution in [3.63, 3.8) is 0 Å². The molecule has 12 nitrogen and oxygen atoms in total. The fraction of sp³-hybridized carbons (Fsp3) is 0.286. The third kappa shape index (κ3) is 12.5. The van der Waals surface area contributed by atoms with Crippen LogP contribution in [0.3, 0.4) is 0 Å². The number of hydrogen-bond acceptors (Lipinski definition) is 9. The molecule has 0 saturated carbocycles. The molecule has 5 amide bonds. The number of nitrogens with zero attached hydrogens (tertiary/aromatic N) is 2. The molecule has 96 heavy (non-hydrogen) atoms. The van der Waals surface area contributed by atoms with E-state index >= 15 is 0 Å². The maximum absolute atomic E-state index is 14.9. The van der Waals surface area contributed by atoms with E-state index in [1.165, 1.54) is 20.9 Å². The molecule has 9 aromatic carbocycles. The molecule has 1 N–H and O–H groups in total. The van der Waals surface area contributed by atoms with Crippen molar-refractivity contribution in [1.82, 2.24) is 10.2 Å². The van der Waals surface area contributed by atoms with Gasteiger partial charge in [-0.1, -0.05) is 164 Å². The highest BCUT2D eigenvalue weighted by Gasteiger charge is 2.50. The molecule has 490 valence electrons. The minimum atomic E-state index is -0.852. The Bertz CT molecular complexity index is 4530. The molecular formula is C84H85N3O9. The average Bonchev–Trinajstić information content (AvgIpc) is 1.09. The van der Waals surface area contributed by atoms with Gasteiger partial charge in [0.2, 0.25) is 0 Å². The van der Waals surface area contributed by atoms with Crippen LogP contribution in [-0.4, -0.2) is 52.3 Å². The number of carbonyl (C=O) groups is 6. The molecule has 9 aromatic rings. The smallest absolute Gasteiger partial charge is 0.266 e. The summed E-state index contributed by atoms with van der Waals surface area (Å²) in [7, 11) is 0. The minimum Gasteiger partial charge on any atom is -0.457 e. The molecule has 0 spiro atoms. The number of amides is 5. The van der Waals surface area contributed by atoms with E-state index in [-0.39, 0.29) is 45.5 Å². The first-order chi connectivity index (χ1) is 45.7. The molecule has 0 bridgehead atoms. The van der Waals surface area contributed by atoms with Crippen LogP contribution >= 0.6 is 0 Å². The van der Waals surface area contributed by atoms with E-state index in [4.69, 9.17) is 14.2 Å². The number of imide groups is 2. The lowest BCUT2D eigenvalue weighted by atomic mass is 9.59. The Morgan fingerprint density at radius 2 is 0.958 bits per heavy atom. The zero-order valence-corrected chi connectivity index (χ0v) is 57.6. The number of fused-ring (bicyclic) bond motifs is 2. The molecule has 0 radical (unpaired) electrons. The van der Waals surface area contributed by atoms with Gasteiger partial charge in [-0.05, 0) is 208 Å². The first-order valence-corrected chi connectivity index (χ1v) is 33.3. The van der Waals surface area contributed by atoms with E-state index in [0.29, 0.717) is 83.3 Å². The minimum absolute atomic E-state index is 0.193. The van der Waals surface area contributed by atoms with E-state index in [2.05, 4.69) is 110 Å². The van der Waals surface area contributed by atoms with Gasteiger partial charge in [-0.25, -0.2) is 4.90 Å². The second-order valence-corrected chi connectivity index (χ2v) is 27.4. The summed E-state index contributed by atoms with van der Waals surface area (Å²) in [6, 6.07) is 56.9.